The summed E-state index contributed by atoms with van der Waals surface area (Å²) in [6.45, 7) is 4.77. The molecule has 1 saturated heterocycles. The van der Waals surface area contributed by atoms with Crippen LogP contribution in [0.15, 0.2) is 24.3 Å². The molecule has 1 aromatic carbocycles. The third kappa shape index (κ3) is 3.73. The Balaban J connectivity index is 2.08. The minimum atomic E-state index is 0.0967. The highest BCUT2D eigenvalue weighted by atomic mass is 16.5. The van der Waals surface area contributed by atoms with E-state index in [4.69, 9.17) is 4.74 Å². The average molecular weight is 276 g/mol. The molecule has 110 valence electrons. The number of hydrogen-bond donors (Lipinski definition) is 1. The monoisotopic (exact) mass is 276 g/mol. The van der Waals surface area contributed by atoms with Crippen LogP contribution in [0, 0.1) is 0 Å². The van der Waals surface area contributed by atoms with Crippen LogP contribution in [0.5, 0.6) is 5.75 Å². The predicted molar refractivity (Wildman–Crippen MR) is 80.2 cm³/mol. The van der Waals surface area contributed by atoms with Crippen molar-refractivity contribution in [1.82, 2.24) is 10.2 Å². The zero-order valence-electron chi connectivity index (χ0n) is 12.4. The van der Waals surface area contributed by atoms with Gasteiger partial charge in [0.25, 0.3) is 5.91 Å². The summed E-state index contributed by atoms with van der Waals surface area (Å²) in [5, 5.41) is 3.46. The molecule has 1 N–H and O–H groups in total. The Hall–Kier alpha value is -1.55. The second kappa shape index (κ2) is 7.29. The molecule has 0 bridgehead atoms. The lowest BCUT2D eigenvalue weighted by Crippen LogP contribution is -2.41. The quantitative estimate of drug-likeness (QED) is 0.867. The van der Waals surface area contributed by atoms with Crippen molar-refractivity contribution < 1.29 is 9.53 Å². The Labute approximate surface area is 121 Å². The Morgan fingerprint density at radius 2 is 2.35 bits per heavy atom. The number of nitrogens with zero attached hydrogens (tertiary/aromatic N) is 1. The molecule has 1 aliphatic heterocycles. The number of amides is 1. The topological polar surface area (TPSA) is 41.6 Å². The van der Waals surface area contributed by atoms with E-state index < -0.39 is 0 Å². The first-order chi connectivity index (χ1) is 9.74. The number of benzene rings is 1. The van der Waals surface area contributed by atoms with Crippen LogP contribution in [-0.4, -0.2) is 43.6 Å². The fraction of sp³-hybridized carbons (Fsp3) is 0.562. The molecular formula is C16H24N2O2. The number of methoxy groups -OCH3 is 1. The van der Waals surface area contributed by atoms with Gasteiger partial charge < -0.3 is 15.0 Å². The molecule has 0 saturated carbocycles. The number of rotatable bonds is 6. The third-order valence-electron chi connectivity index (χ3n) is 3.70. The molecule has 1 aromatic rings. The lowest BCUT2D eigenvalue weighted by Gasteiger charge is -2.25. The largest absolute Gasteiger partial charge is 0.497 e. The van der Waals surface area contributed by atoms with E-state index in [-0.39, 0.29) is 5.91 Å². The van der Waals surface area contributed by atoms with Crippen LogP contribution >= 0.6 is 0 Å². The van der Waals surface area contributed by atoms with Gasteiger partial charge in [0, 0.05) is 24.7 Å². The van der Waals surface area contributed by atoms with Gasteiger partial charge in [0.2, 0.25) is 0 Å². The van der Waals surface area contributed by atoms with Crippen LogP contribution in [0.25, 0.3) is 0 Å². The van der Waals surface area contributed by atoms with Crippen molar-refractivity contribution in [1.29, 1.82) is 0 Å². The summed E-state index contributed by atoms with van der Waals surface area (Å²) in [7, 11) is 1.62. The number of carbonyl (C=O) groups excluding carboxylic acids is 1. The van der Waals surface area contributed by atoms with Gasteiger partial charge in [0.1, 0.15) is 5.75 Å². The van der Waals surface area contributed by atoms with Crippen LogP contribution in [0.4, 0.5) is 0 Å². The predicted octanol–water partition coefficient (Wildman–Crippen LogP) is 2.30. The molecule has 1 aliphatic rings. The van der Waals surface area contributed by atoms with Crippen LogP contribution < -0.4 is 10.1 Å². The van der Waals surface area contributed by atoms with Crippen molar-refractivity contribution >= 4 is 5.91 Å². The zero-order valence-corrected chi connectivity index (χ0v) is 12.4. The van der Waals surface area contributed by atoms with Crippen LogP contribution in [-0.2, 0) is 0 Å². The van der Waals surface area contributed by atoms with Crippen molar-refractivity contribution in [3.63, 3.8) is 0 Å². The van der Waals surface area contributed by atoms with Crippen molar-refractivity contribution in [3.8, 4) is 5.75 Å². The average Bonchev–Trinajstić information content (AvgIpc) is 2.99. The molecule has 4 nitrogen and oxygen atoms in total. The Kier molecular flexibility index (Phi) is 5.41. The summed E-state index contributed by atoms with van der Waals surface area (Å²) >= 11 is 0. The first kappa shape index (κ1) is 14.9. The van der Waals surface area contributed by atoms with Gasteiger partial charge in [0.15, 0.2) is 0 Å². The highest BCUT2D eigenvalue weighted by Gasteiger charge is 2.22. The third-order valence-corrected chi connectivity index (χ3v) is 3.70. The van der Waals surface area contributed by atoms with Crippen molar-refractivity contribution in [2.75, 3.05) is 26.7 Å². The molecule has 1 fully saturated rings. The summed E-state index contributed by atoms with van der Waals surface area (Å²) in [6.07, 6.45) is 3.34. The maximum Gasteiger partial charge on any atom is 0.254 e. The van der Waals surface area contributed by atoms with Gasteiger partial charge in [-0.15, -0.1) is 0 Å². The van der Waals surface area contributed by atoms with Gasteiger partial charge in [-0.05, 0) is 44.0 Å². The summed E-state index contributed by atoms with van der Waals surface area (Å²) < 4.78 is 5.20. The number of carbonyl (C=O) groups is 1. The molecular weight excluding hydrogens is 252 g/mol. The molecule has 1 atom stereocenters. The van der Waals surface area contributed by atoms with E-state index in [2.05, 4.69) is 12.2 Å². The molecule has 0 aromatic heterocycles. The highest BCUT2D eigenvalue weighted by Crippen LogP contribution is 2.16. The second-order valence-corrected chi connectivity index (χ2v) is 5.28. The van der Waals surface area contributed by atoms with E-state index in [1.807, 2.05) is 29.2 Å². The minimum Gasteiger partial charge on any atom is -0.497 e. The fourth-order valence-corrected chi connectivity index (χ4v) is 2.66. The molecule has 0 spiro atoms. The Morgan fingerprint density at radius 1 is 1.50 bits per heavy atom. The Morgan fingerprint density at radius 3 is 3.00 bits per heavy atom. The lowest BCUT2D eigenvalue weighted by molar-refractivity contribution is 0.0741. The van der Waals surface area contributed by atoms with Gasteiger partial charge in [-0.2, -0.15) is 0 Å². The highest BCUT2D eigenvalue weighted by molar-refractivity contribution is 5.94. The summed E-state index contributed by atoms with van der Waals surface area (Å²) in [5.41, 5.74) is 0.704. The molecule has 0 aliphatic carbocycles. The standard InChI is InChI=1S/C16H24N2O2/c1-3-10-18(12-14-7-5-9-17-14)16(19)13-6-4-8-15(11-13)20-2/h4,6,8,11,14,17H,3,5,7,9-10,12H2,1-2H3. The van der Waals surface area contributed by atoms with Gasteiger partial charge in [-0.3, -0.25) is 4.79 Å². The van der Waals surface area contributed by atoms with E-state index in [9.17, 15) is 4.79 Å². The van der Waals surface area contributed by atoms with Gasteiger partial charge in [0.05, 0.1) is 7.11 Å². The maximum absolute atomic E-state index is 12.6. The first-order valence-electron chi connectivity index (χ1n) is 7.41. The van der Waals surface area contributed by atoms with E-state index >= 15 is 0 Å². The van der Waals surface area contributed by atoms with Crippen LogP contribution in [0.2, 0.25) is 0 Å². The summed E-state index contributed by atoms with van der Waals surface area (Å²) in [6, 6.07) is 7.84. The van der Waals surface area contributed by atoms with E-state index in [1.54, 1.807) is 7.11 Å². The first-order valence-corrected chi connectivity index (χ1v) is 7.41. The molecule has 0 radical (unpaired) electrons. The van der Waals surface area contributed by atoms with Crippen molar-refractivity contribution in [2.24, 2.45) is 0 Å². The van der Waals surface area contributed by atoms with Gasteiger partial charge >= 0.3 is 0 Å². The number of ether oxygens (including phenoxy) is 1. The summed E-state index contributed by atoms with van der Waals surface area (Å²) in [5.74, 6) is 0.825. The zero-order chi connectivity index (χ0) is 14.4. The molecule has 4 heteroatoms. The molecule has 1 amide bonds. The minimum absolute atomic E-state index is 0.0967. The van der Waals surface area contributed by atoms with Gasteiger partial charge in [-0.1, -0.05) is 13.0 Å². The van der Waals surface area contributed by atoms with Crippen molar-refractivity contribution in [3.05, 3.63) is 29.8 Å². The summed E-state index contributed by atoms with van der Waals surface area (Å²) in [4.78, 5) is 14.6. The Bertz CT molecular complexity index is 442. The SMILES string of the molecule is CCCN(CC1CCCN1)C(=O)c1cccc(OC)c1. The maximum atomic E-state index is 12.6. The molecule has 1 unspecified atom stereocenters. The van der Waals surface area contributed by atoms with E-state index in [0.717, 1.165) is 38.2 Å². The molecule has 1 heterocycles. The molecule has 20 heavy (non-hydrogen) atoms. The lowest BCUT2D eigenvalue weighted by atomic mass is 10.1. The van der Waals surface area contributed by atoms with E-state index in [1.165, 1.54) is 6.42 Å². The molecule has 2 rings (SSSR count). The second-order valence-electron chi connectivity index (χ2n) is 5.28. The van der Waals surface area contributed by atoms with E-state index in [0.29, 0.717) is 11.6 Å². The number of hydrogen-bond acceptors (Lipinski definition) is 3. The van der Waals surface area contributed by atoms with Crippen molar-refractivity contribution in [2.45, 2.75) is 32.2 Å². The normalized spacial score (nSPS) is 18.0. The van der Waals surface area contributed by atoms with Crippen LogP contribution in [0.1, 0.15) is 36.5 Å². The van der Waals surface area contributed by atoms with Gasteiger partial charge in [-0.25, -0.2) is 0 Å². The fourth-order valence-electron chi connectivity index (χ4n) is 2.66. The van der Waals surface area contributed by atoms with Crippen LogP contribution in [0.3, 0.4) is 0 Å². The number of nitrogens with one attached hydrogen (secondary N) is 1. The smallest absolute Gasteiger partial charge is 0.254 e.